The smallest absolute Gasteiger partial charge is 0.358 e. The van der Waals surface area contributed by atoms with Gasteiger partial charge in [0.25, 0.3) is 0 Å². The first-order valence-electron chi connectivity index (χ1n) is 8.16. The molecule has 0 aliphatic carbocycles. The van der Waals surface area contributed by atoms with Crippen molar-refractivity contribution in [2.45, 2.75) is 138 Å². The number of rotatable bonds is 0. The van der Waals surface area contributed by atoms with E-state index in [9.17, 15) is 0 Å². The van der Waals surface area contributed by atoms with E-state index in [2.05, 4.69) is 79.1 Å². The fourth-order valence-corrected chi connectivity index (χ4v) is 0. The maximum Gasteiger partial charge on any atom is 4.00 e. The summed E-state index contributed by atoms with van der Waals surface area (Å²) in [4.78, 5) is 0. The van der Waals surface area contributed by atoms with E-state index in [1.165, 1.54) is 25.7 Å². The fraction of sp³-hybridized carbons (Fsp3) is 0.714. The predicted molar refractivity (Wildman–Crippen MR) is 155 cm³/mol. The first-order chi connectivity index (χ1) is 9.49. The maximum atomic E-state index is 2.68. The summed E-state index contributed by atoms with van der Waals surface area (Å²) in [6.45, 7) is 24.3. The second-order valence-corrected chi connectivity index (χ2v) is 3.83. The monoisotopic (exact) mass is 604 g/mol. The SMILES string of the molecule is C.C.C.C.CC#CC.CC#CC.CCC.CCC.CCC.CCC.[CH3-].[CH3-].[CH3-].[CH3-].[Pt+4]. The average Bonchev–Trinajstić information content (AvgIpc) is 2.42. The van der Waals surface area contributed by atoms with Crippen LogP contribution in [0.1, 0.15) is 138 Å². The van der Waals surface area contributed by atoms with E-state index in [0.29, 0.717) is 0 Å². The zero-order valence-corrected chi connectivity index (χ0v) is 23.4. The molecule has 0 aliphatic rings. The van der Waals surface area contributed by atoms with Crippen molar-refractivity contribution in [2.24, 2.45) is 0 Å². The van der Waals surface area contributed by atoms with Crippen LogP contribution in [0.15, 0.2) is 0 Å². The topological polar surface area (TPSA) is 0 Å². The molecular weight excluding hydrogens is 531 g/mol. The van der Waals surface area contributed by atoms with Crippen molar-refractivity contribution in [2.75, 3.05) is 0 Å². The zero-order chi connectivity index (χ0) is 17.7. The molecule has 0 aromatic rings. The van der Waals surface area contributed by atoms with Crippen LogP contribution in [0, 0.1) is 53.4 Å². The molecule has 0 atom stereocenters. The van der Waals surface area contributed by atoms with Crippen molar-refractivity contribution < 1.29 is 21.1 Å². The van der Waals surface area contributed by atoms with Gasteiger partial charge in [-0.15, -0.1) is 23.7 Å². The molecule has 0 unspecified atom stereocenters. The summed E-state index contributed by atoms with van der Waals surface area (Å²) in [6, 6.07) is 0. The molecule has 0 N–H and O–H groups in total. The molecule has 0 aliphatic heterocycles. The van der Waals surface area contributed by atoms with Crippen LogP contribution in [0.2, 0.25) is 0 Å². The Morgan fingerprint density at radius 3 is 0.379 bits per heavy atom. The van der Waals surface area contributed by atoms with E-state index >= 15 is 0 Å². The van der Waals surface area contributed by atoms with Crippen molar-refractivity contribution in [3.8, 4) is 23.7 Å². The van der Waals surface area contributed by atoms with Gasteiger partial charge in [0.15, 0.2) is 0 Å². The summed E-state index contributed by atoms with van der Waals surface area (Å²) < 4.78 is 0. The van der Waals surface area contributed by atoms with Crippen LogP contribution in [0.25, 0.3) is 0 Å². The number of hydrogen-bond acceptors (Lipinski definition) is 0. The third-order valence-corrected chi connectivity index (χ3v) is 0.500. The van der Waals surface area contributed by atoms with Gasteiger partial charge in [0.1, 0.15) is 0 Å². The molecule has 0 nitrogen and oxygen atoms in total. The molecule has 0 aromatic carbocycles. The van der Waals surface area contributed by atoms with Crippen LogP contribution in [-0.2, 0) is 21.1 Å². The van der Waals surface area contributed by atoms with Crippen molar-refractivity contribution >= 4 is 0 Å². The Labute approximate surface area is 212 Å². The van der Waals surface area contributed by atoms with Crippen LogP contribution in [0.4, 0.5) is 0 Å². The van der Waals surface area contributed by atoms with E-state index in [0.717, 1.165) is 0 Å². The second-order valence-electron chi connectivity index (χ2n) is 3.83. The van der Waals surface area contributed by atoms with Crippen LogP contribution >= 0.6 is 0 Å². The molecular formula is C28H72Pt. The molecule has 0 spiro atoms. The summed E-state index contributed by atoms with van der Waals surface area (Å²) in [5, 5.41) is 0. The molecule has 0 rings (SSSR count). The van der Waals surface area contributed by atoms with Crippen molar-refractivity contribution in [1.82, 2.24) is 0 Å². The van der Waals surface area contributed by atoms with Crippen molar-refractivity contribution in [1.29, 1.82) is 0 Å². The quantitative estimate of drug-likeness (QED) is 0.191. The van der Waals surface area contributed by atoms with Gasteiger partial charge in [-0.05, 0) is 27.7 Å². The van der Waals surface area contributed by atoms with Gasteiger partial charge in [0.05, 0.1) is 0 Å². The minimum absolute atomic E-state index is 0. The fourth-order valence-electron chi connectivity index (χ4n) is 0. The Morgan fingerprint density at radius 2 is 0.379 bits per heavy atom. The first-order valence-corrected chi connectivity index (χ1v) is 8.16. The Kier molecular flexibility index (Phi) is 1320. The summed E-state index contributed by atoms with van der Waals surface area (Å²) in [6.07, 6.45) is 5.00. The Balaban J connectivity index is -0.00000000590. The third kappa shape index (κ3) is 5660. The van der Waals surface area contributed by atoms with Gasteiger partial charge in [-0.3, -0.25) is 0 Å². The number of hydrogen-bond donors (Lipinski definition) is 0. The van der Waals surface area contributed by atoms with E-state index in [1.54, 1.807) is 0 Å². The molecule has 0 saturated carbocycles. The normalized spacial score (nSPS) is 3.45. The van der Waals surface area contributed by atoms with Crippen LogP contribution in [0.5, 0.6) is 0 Å². The van der Waals surface area contributed by atoms with Gasteiger partial charge >= 0.3 is 21.1 Å². The van der Waals surface area contributed by atoms with E-state index in [4.69, 9.17) is 0 Å². The Bertz CT molecular complexity index is 136. The standard InChI is InChI=1S/2C4H6.4C3H8.4CH4.4CH3.Pt/c2*1-3-4-2;4*1-3-2;;;;;;;;;/h2*1-2H3;4*3H2,1-2H3;4*1H4;4*1H3;/q;;;;;;;;;;4*-1;+4. The summed E-state index contributed by atoms with van der Waals surface area (Å²) in [7, 11) is 0. The third-order valence-electron chi connectivity index (χ3n) is 0.500. The van der Waals surface area contributed by atoms with Crippen molar-refractivity contribution in [3.63, 3.8) is 0 Å². The van der Waals surface area contributed by atoms with E-state index in [-0.39, 0.29) is 80.5 Å². The average molecular weight is 604 g/mol. The largest absolute Gasteiger partial charge is 4.00 e. The summed E-state index contributed by atoms with van der Waals surface area (Å²) in [5.74, 6) is 10.7. The van der Waals surface area contributed by atoms with Crippen molar-refractivity contribution in [3.05, 3.63) is 29.7 Å². The van der Waals surface area contributed by atoms with E-state index in [1.807, 2.05) is 27.7 Å². The van der Waals surface area contributed by atoms with Gasteiger partial charge in [0.2, 0.25) is 0 Å². The molecule has 1 heteroatoms. The molecule has 0 saturated heterocycles. The first kappa shape index (κ1) is 117. The zero-order valence-electron chi connectivity index (χ0n) is 21.1. The van der Waals surface area contributed by atoms with E-state index < -0.39 is 0 Å². The Hall–Kier alpha value is -0.192. The molecule has 0 heterocycles. The molecule has 0 amide bonds. The van der Waals surface area contributed by atoms with Crippen LogP contribution in [-0.4, -0.2) is 0 Å². The Morgan fingerprint density at radius 1 is 0.345 bits per heavy atom. The van der Waals surface area contributed by atoms with Gasteiger partial charge in [0, 0.05) is 0 Å². The molecule has 0 aromatic heterocycles. The summed E-state index contributed by atoms with van der Waals surface area (Å²) >= 11 is 0. The maximum absolute atomic E-state index is 2.68. The van der Waals surface area contributed by atoms with Crippen LogP contribution in [0.3, 0.4) is 0 Å². The van der Waals surface area contributed by atoms with Gasteiger partial charge in [-0.1, -0.05) is 111 Å². The molecule has 0 radical (unpaired) electrons. The molecule has 194 valence electrons. The van der Waals surface area contributed by atoms with Gasteiger partial charge in [-0.25, -0.2) is 0 Å². The molecule has 29 heavy (non-hydrogen) atoms. The molecule has 0 fully saturated rings. The second kappa shape index (κ2) is 328. The van der Waals surface area contributed by atoms with Gasteiger partial charge in [-0.2, -0.15) is 0 Å². The van der Waals surface area contributed by atoms with Crippen LogP contribution < -0.4 is 0 Å². The molecule has 0 bridgehead atoms. The predicted octanol–water partition coefficient (Wildman–Crippen LogP) is 12.1. The minimum atomic E-state index is 0. The summed E-state index contributed by atoms with van der Waals surface area (Å²) in [5.41, 5.74) is 0. The minimum Gasteiger partial charge on any atom is -0.358 e. The van der Waals surface area contributed by atoms with Gasteiger partial charge < -0.3 is 29.7 Å².